The Balaban J connectivity index is 0.00000760. The minimum absolute atomic E-state index is 0. The average Bonchev–Trinajstić information content (AvgIpc) is 2.90. The second kappa shape index (κ2) is 20.7. The molecule has 2 aromatic carbocycles. The maximum Gasteiger partial charge on any atom is 0.135 e. The van der Waals surface area contributed by atoms with Gasteiger partial charge in [-0.25, -0.2) is 4.99 Å². The van der Waals surface area contributed by atoms with Crippen molar-refractivity contribution in [1.29, 1.82) is 0 Å². The summed E-state index contributed by atoms with van der Waals surface area (Å²) in [6.07, 6.45) is 17.5. The first-order valence-electron chi connectivity index (χ1n) is 15.2. The van der Waals surface area contributed by atoms with E-state index in [-0.39, 0.29) is 16.5 Å². The van der Waals surface area contributed by atoms with Crippen molar-refractivity contribution >= 4 is 22.8 Å². The van der Waals surface area contributed by atoms with Crippen molar-refractivity contribution in [2.24, 2.45) is 9.98 Å². The number of hydrogen-bond donors (Lipinski definition) is 0. The van der Waals surface area contributed by atoms with E-state index in [1.165, 1.54) is 86.5 Å². The smallest absolute Gasteiger partial charge is 0.135 e. The molecule has 0 atom stereocenters. The van der Waals surface area contributed by atoms with Gasteiger partial charge in [0.25, 0.3) is 0 Å². The molecule has 0 heterocycles. The molecule has 0 bridgehead atoms. The largest absolute Gasteiger partial charge is 0.251 e. The summed E-state index contributed by atoms with van der Waals surface area (Å²) in [5.41, 5.74) is 8.87. The Kier molecular flexibility index (Phi) is 18.5. The second-order valence-corrected chi connectivity index (χ2v) is 10.9. The van der Waals surface area contributed by atoms with Gasteiger partial charge in [-0.2, -0.15) is 0 Å². The molecule has 0 unspecified atom stereocenters. The number of benzene rings is 2. The van der Waals surface area contributed by atoms with Crippen LogP contribution in [0.5, 0.6) is 0 Å². The summed E-state index contributed by atoms with van der Waals surface area (Å²) in [5, 5.41) is 0. The molecule has 0 spiro atoms. The predicted molar refractivity (Wildman–Crippen MR) is 170 cm³/mol. The van der Waals surface area contributed by atoms with E-state index in [4.69, 9.17) is 9.98 Å². The fourth-order valence-electron chi connectivity index (χ4n) is 4.46. The molecule has 2 rings (SSSR count). The van der Waals surface area contributed by atoms with Crippen LogP contribution >= 0.6 is 0 Å². The van der Waals surface area contributed by atoms with Gasteiger partial charge >= 0.3 is 0 Å². The van der Waals surface area contributed by atoms with Crippen LogP contribution in [0.25, 0.3) is 0 Å². The number of unbranched alkanes of at least 4 members (excludes halogenated alkanes) is 11. The van der Waals surface area contributed by atoms with Gasteiger partial charge in [-0.3, -0.25) is 4.99 Å². The van der Waals surface area contributed by atoms with Gasteiger partial charge in [0, 0.05) is 22.9 Å². The first-order chi connectivity index (χ1) is 18.4. The molecular weight excluding hydrogens is 519 g/mol. The Morgan fingerprint density at radius 3 is 1.59 bits per heavy atom. The first-order valence-corrected chi connectivity index (χ1v) is 15.2. The van der Waals surface area contributed by atoms with Gasteiger partial charge in [-0.15, -0.1) is 0 Å². The molecule has 39 heavy (non-hydrogen) atoms. The van der Waals surface area contributed by atoms with Gasteiger partial charge in [0.1, 0.15) is 5.71 Å². The standard InChI is InChI=1S/C36H52N2.Ni/c1-7-9-11-12-13-14-15-16-17-18-19-20-22-36(38-34-26-24-30(4)32(6)28-34)35(21-10-8-2)37-33-25-23-29(3)31(5)27-33;/h23-28H,7-19,21H2,1-6H3;. The second-order valence-electron chi connectivity index (χ2n) is 10.9. The minimum atomic E-state index is 0. The molecule has 0 aromatic heterocycles. The van der Waals surface area contributed by atoms with Crippen molar-refractivity contribution in [3.8, 4) is 11.8 Å². The van der Waals surface area contributed by atoms with Crippen LogP contribution in [-0.2, 0) is 16.5 Å². The maximum atomic E-state index is 5.09. The molecule has 0 N–H and O–H groups in total. The van der Waals surface area contributed by atoms with E-state index in [2.05, 4.69) is 89.8 Å². The van der Waals surface area contributed by atoms with Crippen LogP contribution in [0.4, 0.5) is 11.4 Å². The van der Waals surface area contributed by atoms with E-state index < -0.39 is 0 Å². The van der Waals surface area contributed by atoms with Gasteiger partial charge in [-0.05, 0) is 99.4 Å². The van der Waals surface area contributed by atoms with Crippen molar-refractivity contribution in [2.75, 3.05) is 0 Å². The van der Waals surface area contributed by atoms with Crippen LogP contribution < -0.4 is 0 Å². The molecular formula is C36H52N2Ni. The van der Waals surface area contributed by atoms with E-state index in [1.807, 2.05) is 0 Å². The molecule has 0 radical (unpaired) electrons. The third-order valence-corrected chi connectivity index (χ3v) is 7.39. The van der Waals surface area contributed by atoms with Crippen LogP contribution in [0.1, 0.15) is 126 Å². The Morgan fingerprint density at radius 2 is 1.08 bits per heavy atom. The van der Waals surface area contributed by atoms with Crippen molar-refractivity contribution in [2.45, 2.75) is 131 Å². The molecule has 0 aliphatic carbocycles. The molecule has 0 amide bonds. The zero-order valence-electron chi connectivity index (χ0n) is 25.6. The normalized spacial score (nSPS) is 11.6. The van der Waals surface area contributed by atoms with Gasteiger partial charge in [0.2, 0.25) is 0 Å². The van der Waals surface area contributed by atoms with Crippen molar-refractivity contribution < 1.29 is 16.5 Å². The van der Waals surface area contributed by atoms with E-state index >= 15 is 0 Å². The van der Waals surface area contributed by atoms with E-state index in [0.717, 1.165) is 48.5 Å². The summed E-state index contributed by atoms with van der Waals surface area (Å²) >= 11 is 0. The Labute approximate surface area is 250 Å². The third-order valence-electron chi connectivity index (χ3n) is 7.39. The monoisotopic (exact) mass is 570 g/mol. The summed E-state index contributed by atoms with van der Waals surface area (Å²) < 4.78 is 0. The first kappa shape index (κ1) is 34.9. The summed E-state index contributed by atoms with van der Waals surface area (Å²) in [4.78, 5) is 10.1. The third kappa shape index (κ3) is 14.2. The maximum absolute atomic E-state index is 5.09. The van der Waals surface area contributed by atoms with Gasteiger partial charge < -0.3 is 0 Å². The topological polar surface area (TPSA) is 24.7 Å². The average molecular weight is 572 g/mol. The van der Waals surface area contributed by atoms with E-state index in [1.54, 1.807) is 0 Å². The van der Waals surface area contributed by atoms with Gasteiger partial charge in [0.15, 0.2) is 0 Å². The molecule has 0 saturated carbocycles. The van der Waals surface area contributed by atoms with Gasteiger partial charge in [0.05, 0.1) is 17.1 Å². The zero-order chi connectivity index (χ0) is 27.6. The SMILES string of the molecule is CCCCCCCCCCCCC#CC(=Nc1ccc(C)c(C)c1)C(CCCC)=Nc1ccc(C)c(C)c1.[Ni]. The quantitative estimate of drug-likeness (QED) is 0.0829. The van der Waals surface area contributed by atoms with Gasteiger partial charge in [-0.1, -0.05) is 96.1 Å². The summed E-state index contributed by atoms with van der Waals surface area (Å²) in [6.45, 7) is 13.1. The van der Waals surface area contributed by atoms with E-state index in [9.17, 15) is 0 Å². The molecule has 2 nitrogen and oxygen atoms in total. The fourth-order valence-corrected chi connectivity index (χ4v) is 4.46. The zero-order valence-corrected chi connectivity index (χ0v) is 26.6. The Hall–Kier alpha value is -2.17. The summed E-state index contributed by atoms with van der Waals surface area (Å²) in [6, 6.07) is 12.8. The van der Waals surface area contributed by atoms with Crippen molar-refractivity contribution in [3.63, 3.8) is 0 Å². The molecule has 0 aliphatic rings. The van der Waals surface area contributed by atoms with Crippen LogP contribution in [-0.4, -0.2) is 11.4 Å². The van der Waals surface area contributed by atoms with Crippen LogP contribution in [0.15, 0.2) is 46.4 Å². The number of aryl methyl sites for hydroxylation is 4. The summed E-state index contributed by atoms with van der Waals surface area (Å²) in [7, 11) is 0. The van der Waals surface area contributed by atoms with Crippen LogP contribution in [0.2, 0.25) is 0 Å². The summed E-state index contributed by atoms with van der Waals surface area (Å²) in [5.74, 6) is 6.92. The number of aliphatic imine (C=N–C) groups is 2. The number of hydrogen-bond acceptors (Lipinski definition) is 2. The molecule has 0 fully saturated rings. The number of nitrogens with zero attached hydrogens (tertiary/aromatic N) is 2. The minimum Gasteiger partial charge on any atom is -0.251 e. The molecule has 3 heteroatoms. The Morgan fingerprint density at radius 1 is 0.590 bits per heavy atom. The Bertz CT molecular complexity index is 1100. The molecule has 2 aromatic rings. The van der Waals surface area contributed by atoms with Crippen molar-refractivity contribution in [1.82, 2.24) is 0 Å². The van der Waals surface area contributed by atoms with E-state index in [0.29, 0.717) is 0 Å². The van der Waals surface area contributed by atoms with Crippen molar-refractivity contribution in [3.05, 3.63) is 58.7 Å². The molecule has 0 saturated heterocycles. The molecule has 216 valence electrons. The van der Waals surface area contributed by atoms with Crippen LogP contribution in [0, 0.1) is 39.5 Å². The number of rotatable bonds is 16. The molecule has 0 aliphatic heterocycles. The fraction of sp³-hybridized carbons (Fsp3) is 0.556. The van der Waals surface area contributed by atoms with Crippen LogP contribution in [0.3, 0.4) is 0 Å². The predicted octanol–water partition coefficient (Wildman–Crippen LogP) is 11.3.